The quantitative estimate of drug-likeness (QED) is 0.387. The van der Waals surface area contributed by atoms with Crippen LogP contribution in [0.4, 0.5) is 5.82 Å². The van der Waals surface area contributed by atoms with E-state index in [0.29, 0.717) is 46.5 Å². The molecule has 0 atom stereocenters. The number of nitrogens with one attached hydrogen (secondary N) is 1. The van der Waals surface area contributed by atoms with Crippen LogP contribution in [0.3, 0.4) is 0 Å². The van der Waals surface area contributed by atoms with E-state index in [4.69, 9.17) is 17.3 Å². The fourth-order valence-corrected chi connectivity index (χ4v) is 4.93. The molecule has 0 aliphatic rings. The summed E-state index contributed by atoms with van der Waals surface area (Å²) < 4.78 is 2.25. The number of nitrogens with two attached hydrogens (primary N) is 1. The number of nitriles is 1. The van der Waals surface area contributed by atoms with Gasteiger partial charge < -0.3 is 11.1 Å². The number of anilines is 1. The van der Waals surface area contributed by atoms with E-state index in [2.05, 4.69) is 21.5 Å². The number of hydrogen-bond donors (Lipinski definition) is 2. The van der Waals surface area contributed by atoms with Crippen LogP contribution in [0.5, 0.6) is 0 Å². The van der Waals surface area contributed by atoms with E-state index >= 15 is 0 Å². The lowest BCUT2D eigenvalue weighted by molar-refractivity contribution is 0.0949. The minimum atomic E-state index is -0.236. The van der Waals surface area contributed by atoms with Crippen LogP contribution < -0.4 is 11.1 Å². The van der Waals surface area contributed by atoms with Crippen molar-refractivity contribution in [2.45, 2.75) is 12.8 Å². The minimum Gasteiger partial charge on any atom is -0.382 e. The fourth-order valence-electron chi connectivity index (χ4n) is 3.01. The van der Waals surface area contributed by atoms with E-state index in [1.54, 1.807) is 10.1 Å². The van der Waals surface area contributed by atoms with Gasteiger partial charge in [0.1, 0.15) is 28.2 Å². The zero-order chi connectivity index (χ0) is 21.8. The molecule has 3 N–H and O–H groups in total. The Hall–Kier alpha value is -3.19. The molecule has 0 aliphatic heterocycles. The molecule has 0 fully saturated rings. The summed E-state index contributed by atoms with van der Waals surface area (Å²) in [6.45, 7) is 0.430. The van der Waals surface area contributed by atoms with E-state index in [1.807, 2.05) is 42.5 Å². The van der Waals surface area contributed by atoms with Crippen LogP contribution in [-0.2, 0) is 6.42 Å². The molecule has 0 saturated carbocycles. The first kappa shape index (κ1) is 21.1. The van der Waals surface area contributed by atoms with Gasteiger partial charge in [-0.25, -0.2) is 9.67 Å². The number of carbonyl (C=O) groups excluding carboxylic acids is 1. The van der Waals surface area contributed by atoms with E-state index in [1.165, 1.54) is 22.7 Å². The SMILES string of the molecule is N#Cc1c(CCCNC(=O)c2csc(-c3ccc(Cl)s3)n2)nn(-c2ccccc2)c1N. The number of para-hydroxylation sites is 1. The van der Waals surface area contributed by atoms with Crippen molar-refractivity contribution in [3.63, 3.8) is 0 Å². The van der Waals surface area contributed by atoms with Gasteiger partial charge >= 0.3 is 0 Å². The highest BCUT2D eigenvalue weighted by Crippen LogP contribution is 2.32. The van der Waals surface area contributed by atoms with Crippen molar-refractivity contribution in [1.82, 2.24) is 20.1 Å². The number of aryl methyl sites for hydroxylation is 1. The Morgan fingerprint density at radius 1 is 1.26 bits per heavy atom. The Morgan fingerprint density at radius 2 is 2.06 bits per heavy atom. The molecular formula is C21H17ClN6OS2. The molecule has 1 amide bonds. The number of halogens is 1. The van der Waals surface area contributed by atoms with Gasteiger partial charge in [-0.2, -0.15) is 10.4 Å². The molecule has 4 aromatic rings. The monoisotopic (exact) mass is 468 g/mol. The van der Waals surface area contributed by atoms with Crippen molar-refractivity contribution >= 4 is 46.0 Å². The van der Waals surface area contributed by atoms with E-state index in [0.717, 1.165) is 15.6 Å². The highest BCUT2D eigenvalue weighted by Gasteiger charge is 2.17. The van der Waals surface area contributed by atoms with Gasteiger partial charge in [-0.3, -0.25) is 4.79 Å². The van der Waals surface area contributed by atoms with Gasteiger partial charge in [-0.05, 0) is 37.1 Å². The van der Waals surface area contributed by atoms with Crippen LogP contribution in [0.2, 0.25) is 4.34 Å². The van der Waals surface area contributed by atoms with Gasteiger partial charge in [-0.15, -0.1) is 22.7 Å². The molecule has 3 aromatic heterocycles. The number of nitrogen functional groups attached to an aromatic ring is 1. The molecule has 4 rings (SSSR count). The van der Waals surface area contributed by atoms with Gasteiger partial charge in [0, 0.05) is 11.9 Å². The number of aromatic nitrogens is 3. The second kappa shape index (κ2) is 9.31. The molecule has 10 heteroatoms. The highest BCUT2D eigenvalue weighted by molar-refractivity contribution is 7.23. The summed E-state index contributed by atoms with van der Waals surface area (Å²) in [5.41, 5.74) is 8.27. The molecular weight excluding hydrogens is 452 g/mol. The average molecular weight is 469 g/mol. The maximum atomic E-state index is 12.4. The second-order valence-corrected chi connectivity index (χ2v) is 9.14. The predicted octanol–water partition coefficient (Wildman–Crippen LogP) is 4.53. The standard InChI is InChI=1S/C21H17ClN6OS2/c22-18-9-8-17(31-18)21-26-16(12-30-21)20(29)25-10-4-7-15-14(11-23)19(24)28(27-15)13-5-2-1-3-6-13/h1-3,5-6,8-9,12H,4,7,10,24H2,(H,25,29). The third-order valence-electron chi connectivity index (χ3n) is 4.50. The van der Waals surface area contributed by atoms with Crippen molar-refractivity contribution in [2.24, 2.45) is 0 Å². The van der Waals surface area contributed by atoms with Crippen LogP contribution in [-0.4, -0.2) is 27.2 Å². The number of thiophene rings is 1. The smallest absolute Gasteiger partial charge is 0.270 e. The van der Waals surface area contributed by atoms with Crippen molar-refractivity contribution < 1.29 is 4.79 Å². The van der Waals surface area contributed by atoms with E-state index in [9.17, 15) is 10.1 Å². The molecule has 1 aromatic carbocycles. The lowest BCUT2D eigenvalue weighted by Crippen LogP contribution is -2.25. The summed E-state index contributed by atoms with van der Waals surface area (Å²) >= 11 is 8.79. The van der Waals surface area contributed by atoms with Gasteiger partial charge in [0.15, 0.2) is 0 Å². The predicted molar refractivity (Wildman–Crippen MR) is 124 cm³/mol. The molecule has 7 nitrogen and oxygen atoms in total. The number of carbonyl (C=O) groups is 1. The Labute approximate surface area is 191 Å². The number of rotatable bonds is 7. The van der Waals surface area contributed by atoms with E-state index < -0.39 is 0 Å². The average Bonchev–Trinajstić information content (AvgIpc) is 3.50. The molecule has 31 heavy (non-hydrogen) atoms. The Morgan fingerprint density at radius 3 is 2.77 bits per heavy atom. The van der Waals surface area contributed by atoms with E-state index in [-0.39, 0.29) is 5.91 Å². The number of nitrogens with zero attached hydrogens (tertiary/aromatic N) is 4. The highest BCUT2D eigenvalue weighted by atomic mass is 35.5. The minimum absolute atomic E-state index is 0.236. The topological polar surface area (TPSA) is 110 Å². The Balaban J connectivity index is 1.35. The second-order valence-electron chi connectivity index (χ2n) is 6.57. The maximum Gasteiger partial charge on any atom is 0.270 e. The van der Waals surface area contributed by atoms with Crippen molar-refractivity contribution in [3.05, 3.63) is 69.1 Å². The molecule has 0 unspecified atom stereocenters. The molecule has 0 spiro atoms. The molecule has 0 radical (unpaired) electrons. The van der Waals surface area contributed by atoms with Crippen LogP contribution in [0.1, 0.15) is 28.2 Å². The third kappa shape index (κ3) is 4.61. The number of benzene rings is 1. The first-order valence-corrected chi connectivity index (χ1v) is 11.5. The summed E-state index contributed by atoms with van der Waals surface area (Å²) in [6.07, 6.45) is 1.13. The zero-order valence-electron chi connectivity index (χ0n) is 16.2. The normalized spacial score (nSPS) is 10.7. The molecule has 0 aliphatic carbocycles. The molecule has 0 saturated heterocycles. The lowest BCUT2D eigenvalue weighted by Gasteiger charge is -2.03. The van der Waals surface area contributed by atoms with Gasteiger partial charge in [-0.1, -0.05) is 29.8 Å². The summed E-state index contributed by atoms with van der Waals surface area (Å²) in [5, 5.41) is 19.3. The molecule has 0 bridgehead atoms. The first-order valence-electron chi connectivity index (χ1n) is 9.39. The summed E-state index contributed by atoms with van der Waals surface area (Å²) in [6, 6.07) is 15.3. The third-order valence-corrected chi connectivity index (χ3v) is 6.75. The molecule has 156 valence electrons. The van der Waals surface area contributed by atoms with Gasteiger partial charge in [0.2, 0.25) is 0 Å². The van der Waals surface area contributed by atoms with Crippen molar-refractivity contribution in [3.8, 4) is 21.6 Å². The first-order chi connectivity index (χ1) is 15.1. The number of thiazole rings is 1. The van der Waals surface area contributed by atoms with Gasteiger partial charge in [0.05, 0.1) is 20.6 Å². The van der Waals surface area contributed by atoms with Crippen LogP contribution >= 0.6 is 34.3 Å². The number of hydrogen-bond acceptors (Lipinski definition) is 7. The van der Waals surface area contributed by atoms with Crippen LogP contribution in [0, 0.1) is 11.3 Å². The zero-order valence-corrected chi connectivity index (χ0v) is 18.6. The molecule has 3 heterocycles. The van der Waals surface area contributed by atoms with Crippen LogP contribution in [0.25, 0.3) is 15.6 Å². The Bertz CT molecular complexity index is 1250. The Kier molecular flexibility index (Phi) is 6.32. The summed E-state index contributed by atoms with van der Waals surface area (Å²) in [7, 11) is 0. The summed E-state index contributed by atoms with van der Waals surface area (Å²) in [4.78, 5) is 17.7. The van der Waals surface area contributed by atoms with Crippen LogP contribution in [0.15, 0.2) is 47.8 Å². The van der Waals surface area contributed by atoms with Crippen molar-refractivity contribution in [2.75, 3.05) is 12.3 Å². The number of amides is 1. The largest absolute Gasteiger partial charge is 0.382 e. The fraction of sp³-hybridized carbons (Fsp3) is 0.143. The maximum absolute atomic E-state index is 12.4. The lowest BCUT2D eigenvalue weighted by atomic mass is 10.1. The summed E-state index contributed by atoms with van der Waals surface area (Å²) in [5.74, 6) is 0.0800. The van der Waals surface area contributed by atoms with Crippen molar-refractivity contribution in [1.29, 1.82) is 5.26 Å². The van der Waals surface area contributed by atoms with Gasteiger partial charge in [0.25, 0.3) is 5.91 Å².